The summed E-state index contributed by atoms with van der Waals surface area (Å²) in [6, 6.07) is 9.44. The Morgan fingerprint density at radius 2 is 1.62 bits per heavy atom. The number of nitrogens with one attached hydrogen (secondary N) is 4. The van der Waals surface area contributed by atoms with Crippen LogP contribution in [0, 0.1) is 18.8 Å². The fourth-order valence-corrected chi connectivity index (χ4v) is 9.32. The molecular weight excluding hydrogens is 781 g/mol. The molecule has 0 bridgehead atoms. The highest BCUT2D eigenvalue weighted by atomic mass is 16.2. The molecule has 1 aliphatic carbocycles. The van der Waals surface area contributed by atoms with Crippen molar-refractivity contribution in [2.45, 2.75) is 76.4 Å². The number of benzene rings is 1. The van der Waals surface area contributed by atoms with E-state index in [2.05, 4.69) is 50.7 Å². The van der Waals surface area contributed by atoms with Crippen LogP contribution in [0.1, 0.15) is 94.3 Å². The summed E-state index contributed by atoms with van der Waals surface area (Å²) < 4.78 is 2.10. The molecule has 4 fully saturated rings. The second-order valence-electron chi connectivity index (χ2n) is 17.0. The maximum absolute atomic E-state index is 13.2. The van der Waals surface area contributed by atoms with E-state index in [9.17, 15) is 28.8 Å². The third-order valence-corrected chi connectivity index (χ3v) is 13.0. The van der Waals surface area contributed by atoms with Gasteiger partial charge in [-0.1, -0.05) is 6.07 Å². The van der Waals surface area contributed by atoms with Gasteiger partial charge in [-0.3, -0.25) is 39.0 Å². The van der Waals surface area contributed by atoms with E-state index in [0.29, 0.717) is 36.3 Å². The normalized spacial score (nSPS) is 22.5. The Kier molecular flexibility index (Phi) is 11.2. The molecular formula is C43H50N12O6. The molecule has 61 heavy (non-hydrogen) atoms. The fourth-order valence-electron chi connectivity index (χ4n) is 9.32. The van der Waals surface area contributed by atoms with Gasteiger partial charge in [-0.2, -0.15) is 0 Å². The van der Waals surface area contributed by atoms with E-state index in [0.717, 1.165) is 92.3 Å². The van der Waals surface area contributed by atoms with Crippen LogP contribution >= 0.6 is 0 Å². The van der Waals surface area contributed by atoms with Gasteiger partial charge in [0.25, 0.3) is 17.7 Å². The van der Waals surface area contributed by atoms with Gasteiger partial charge in [0, 0.05) is 56.1 Å². The van der Waals surface area contributed by atoms with E-state index in [1.54, 1.807) is 24.5 Å². The summed E-state index contributed by atoms with van der Waals surface area (Å²) in [5, 5.41) is 12.0. The van der Waals surface area contributed by atoms with E-state index >= 15 is 0 Å². The van der Waals surface area contributed by atoms with E-state index in [1.807, 2.05) is 30.3 Å². The lowest BCUT2D eigenvalue weighted by Gasteiger charge is -2.37. The Labute approximate surface area is 352 Å². The lowest BCUT2D eigenvalue weighted by Crippen LogP contribution is -2.54. The van der Waals surface area contributed by atoms with Crippen molar-refractivity contribution in [2.75, 3.05) is 56.4 Å². The molecule has 1 saturated carbocycles. The summed E-state index contributed by atoms with van der Waals surface area (Å²) in [6.07, 6.45) is 9.22. The summed E-state index contributed by atoms with van der Waals surface area (Å²) in [5.41, 5.74) is 3.71. The number of carbonyl (C=O) groups is 6. The largest absolute Gasteiger partial charge is 0.376 e. The number of nitrogens with zero attached hydrogens (tertiary/aromatic N) is 8. The van der Waals surface area contributed by atoms with Crippen molar-refractivity contribution in [1.29, 1.82) is 0 Å². The Bertz CT molecular complexity index is 2380. The molecule has 318 valence electrons. The number of amides is 6. The smallest absolute Gasteiger partial charge is 0.270 e. The molecule has 1 atom stereocenters. The number of hydrogen-bond donors (Lipinski definition) is 4. The number of aryl methyl sites for hydroxylation is 1. The zero-order valence-electron chi connectivity index (χ0n) is 34.1. The molecule has 9 rings (SSSR count). The molecule has 1 aromatic carbocycles. The first-order valence-corrected chi connectivity index (χ1v) is 21.3. The molecule has 0 radical (unpaired) electrons. The third kappa shape index (κ3) is 8.40. The number of pyridine rings is 1. The summed E-state index contributed by atoms with van der Waals surface area (Å²) >= 11 is 0. The lowest BCUT2D eigenvalue weighted by atomic mass is 9.86. The van der Waals surface area contributed by atoms with Gasteiger partial charge in [-0.15, -0.1) is 0 Å². The van der Waals surface area contributed by atoms with Gasteiger partial charge in [-0.25, -0.2) is 19.9 Å². The maximum atomic E-state index is 13.2. The van der Waals surface area contributed by atoms with Gasteiger partial charge >= 0.3 is 0 Å². The van der Waals surface area contributed by atoms with Crippen molar-refractivity contribution in [3.63, 3.8) is 0 Å². The van der Waals surface area contributed by atoms with Gasteiger partial charge in [0.15, 0.2) is 11.5 Å². The number of likely N-dealkylation sites (tertiary alicyclic amines) is 2. The summed E-state index contributed by atoms with van der Waals surface area (Å²) in [6.45, 7) is 7.21. The average Bonchev–Trinajstić information content (AvgIpc) is 3.78. The Morgan fingerprint density at radius 1 is 0.852 bits per heavy atom. The van der Waals surface area contributed by atoms with Crippen LogP contribution in [-0.2, 0) is 14.4 Å². The molecule has 4 aromatic rings. The highest BCUT2D eigenvalue weighted by Gasteiger charge is 2.44. The topological polar surface area (TPSA) is 217 Å². The van der Waals surface area contributed by atoms with Crippen molar-refractivity contribution in [3.8, 4) is 0 Å². The second-order valence-corrected chi connectivity index (χ2v) is 17.0. The summed E-state index contributed by atoms with van der Waals surface area (Å²) in [5.74, 6) is -0.608. The van der Waals surface area contributed by atoms with Crippen LogP contribution in [0.2, 0.25) is 0 Å². The monoisotopic (exact) mass is 830 g/mol. The van der Waals surface area contributed by atoms with Crippen LogP contribution < -0.4 is 21.3 Å². The van der Waals surface area contributed by atoms with E-state index < -0.39 is 29.7 Å². The number of anilines is 2. The van der Waals surface area contributed by atoms with Gasteiger partial charge in [0.05, 0.1) is 24.0 Å². The van der Waals surface area contributed by atoms with E-state index in [1.165, 1.54) is 6.07 Å². The highest BCUT2D eigenvalue weighted by Crippen LogP contribution is 2.35. The second kappa shape index (κ2) is 17.0. The highest BCUT2D eigenvalue weighted by molar-refractivity contribution is 6.23. The minimum atomic E-state index is -1.03. The Hall–Kier alpha value is -6.30. The minimum Gasteiger partial charge on any atom is -0.376 e. The first-order chi connectivity index (χ1) is 29.6. The number of aromatic nitrogens is 5. The quantitative estimate of drug-likeness (QED) is 0.151. The first-order valence-electron chi connectivity index (χ1n) is 21.3. The molecule has 7 heterocycles. The fraction of sp³-hybridized carbons (Fsp3) is 0.488. The van der Waals surface area contributed by atoms with Crippen LogP contribution in [0.15, 0.2) is 49.1 Å². The number of imide groups is 2. The molecule has 4 aliphatic heterocycles. The zero-order valence-corrected chi connectivity index (χ0v) is 34.1. The molecule has 3 saturated heterocycles. The summed E-state index contributed by atoms with van der Waals surface area (Å²) in [7, 11) is 0. The van der Waals surface area contributed by atoms with Gasteiger partial charge in [-0.05, 0) is 107 Å². The number of piperidine rings is 3. The van der Waals surface area contributed by atoms with Crippen LogP contribution in [0.5, 0.6) is 0 Å². The maximum Gasteiger partial charge on any atom is 0.270 e. The van der Waals surface area contributed by atoms with Gasteiger partial charge in [0.2, 0.25) is 17.7 Å². The SMILES string of the molecule is Cc1cccc(C(=O)NC2CC(n3cnc4c(NCC5CCN(CC6CCN(C(=O)CNc7ccc8c(c7)C(=O)N([C@@H]7CCC(=O)NC7=O)C8=O)CC6)CC5)ncnc43)C2)n1. The molecule has 18 heteroatoms. The Balaban J connectivity index is 0.681. The summed E-state index contributed by atoms with van der Waals surface area (Å²) in [4.78, 5) is 99.5. The average molecular weight is 831 g/mol. The standard InChI is InChI=1S/C43H50N12O6/c1-25-3-2-4-33(49-25)40(58)50-29-17-30(18-29)54-24-48-37-38(46-23-47-39(37)54)45-20-26-9-13-52(14-10-26)22-27-11-15-53(16-12-27)36(57)21-44-28-5-6-31-32(19-28)43(61)55(42(31)60)34-7-8-35(56)51-41(34)59/h2-6,19,23-24,26-27,29-30,34,44H,7-18,20-22H2,1H3,(H,50,58)(H,45,46,47)(H,51,56,59)/t29?,30?,34-/m1/s1. The number of rotatable bonds is 12. The van der Waals surface area contributed by atoms with Gasteiger partial charge in [0.1, 0.15) is 23.6 Å². The molecule has 4 N–H and O–H groups in total. The first kappa shape index (κ1) is 40.1. The van der Waals surface area contributed by atoms with Crippen molar-refractivity contribution in [3.05, 3.63) is 71.6 Å². The molecule has 0 spiro atoms. The number of fused-ring (bicyclic) bond motifs is 2. The van der Waals surface area contributed by atoms with Crippen LogP contribution in [-0.4, -0.2) is 133 Å². The van der Waals surface area contributed by atoms with Crippen molar-refractivity contribution < 1.29 is 28.8 Å². The predicted molar refractivity (Wildman–Crippen MR) is 222 cm³/mol. The molecule has 3 aromatic heterocycles. The molecule has 18 nitrogen and oxygen atoms in total. The van der Waals surface area contributed by atoms with Crippen molar-refractivity contribution in [2.24, 2.45) is 11.8 Å². The van der Waals surface area contributed by atoms with Crippen molar-refractivity contribution >= 4 is 58.1 Å². The predicted octanol–water partition coefficient (Wildman–Crippen LogP) is 2.54. The number of carbonyl (C=O) groups excluding carboxylic acids is 6. The molecule has 5 aliphatic rings. The van der Waals surface area contributed by atoms with Crippen molar-refractivity contribution in [1.82, 2.24) is 49.8 Å². The molecule has 0 unspecified atom stereocenters. The van der Waals surface area contributed by atoms with Crippen LogP contribution in [0.3, 0.4) is 0 Å². The van der Waals surface area contributed by atoms with Gasteiger partial charge < -0.3 is 30.3 Å². The number of imidazole rings is 1. The number of hydrogen-bond acceptors (Lipinski definition) is 13. The van der Waals surface area contributed by atoms with E-state index in [4.69, 9.17) is 0 Å². The third-order valence-electron chi connectivity index (χ3n) is 13.0. The van der Waals surface area contributed by atoms with Crippen LogP contribution in [0.4, 0.5) is 11.5 Å². The Morgan fingerprint density at radius 3 is 2.39 bits per heavy atom. The lowest BCUT2D eigenvalue weighted by molar-refractivity contribution is -0.136. The minimum absolute atomic E-state index is 0.0261. The zero-order chi connectivity index (χ0) is 42.2. The van der Waals surface area contributed by atoms with E-state index in [-0.39, 0.29) is 54.4 Å². The van der Waals surface area contributed by atoms with Crippen LogP contribution in [0.25, 0.3) is 11.2 Å². The molecule has 6 amide bonds.